The van der Waals surface area contributed by atoms with Crippen LogP contribution in [0.15, 0.2) is 58.3 Å². The van der Waals surface area contributed by atoms with E-state index in [0.717, 1.165) is 17.8 Å². The van der Waals surface area contributed by atoms with Crippen molar-refractivity contribution in [2.45, 2.75) is 36.0 Å². The second kappa shape index (κ2) is 5.06. The van der Waals surface area contributed by atoms with Crippen LogP contribution in [-0.2, 0) is 15.3 Å². The number of hydrogen-bond acceptors (Lipinski definition) is 2. The second-order valence-corrected chi connectivity index (χ2v) is 8.08. The van der Waals surface area contributed by atoms with Crippen molar-refractivity contribution >= 4 is 21.7 Å². The van der Waals surface area contributed by atoms with Gasteiger partial charge in [0.25, 0.3) is 0 Å². The maximum atomic E-state index is 12.8. The van der Waals surface area contributed by atoms with E-state index in [1.165, 1.54) is 0 Å². The molecule has 0 amide bonds. The quantitative estimate of drug-likeness (QED) is 0.813. The first-order valence-electron chi connectivity index (χ1n) is 7.43. The average molecular weight is 314 g/mol. The molecule has 1 aliphatic heterocycles. The molecule has 2 aromatic rings. The van der Waals surface area contributed by atoms with Crippen LogP contribution in [0.25, 0.3) is 0 Å². The maximum Gasteiger partial charge on any atom is 0.209 e. The average Bonchev–Trinajstić information content (AvgIpc) is 2.79. The van der Waals surface area contributed by atoms with Crippen molar-refractivity contribution in [1.82, 2.24) is 0 Å². The molecule has 3 nitrogen and oxygen atoms in total. The largest absolute Gasteiger partial charge is 0.219 e. The summed E-state index contributed by atoms with van der Waals surface area (Å²) < 4.78 is 27.7. The first-order valence-corrected chi connectivity index (χ1v) is 8.92. The highest BCUT2D eigenvalue weighted by atomic mass is 32.2. The smallest absolute Gasteiger partial charge is 0.209 e. The van der Waals surface area contributed by atoms with E-state index in [1.807, 2.05) is 18.2 Å². The van der Waals surface area contributed by atoms with Gasteiger partial charge in [0.15, 0.2) is 6.21 Å². The van der Waals surface area contributed by atoms with Gasteiger partial charge in [-0.3, -0.25) is 0 Å². The fourth-order valence-electron chi connectivity index (χ4n) is 2.97. The Kier molecular flexibility index (Phi) is 3.44. The van der Waals surface area contributed by atoms with Crippen LogP contribution in [0.2, 0.25) is 0 Å². The third-order valence-corrected chi connectivity index (χ3v) is 5.92. The Morgan fingerprint density at radius 2 is 1.68 bits per heavy atom. The van der Waals surface area contributed by atoms with Crippen molar-refractivity contribution in [3.8, 4) is 0 Å². The number of nitrogens with zero attached hydrogens (tertiary/aromatic N) is 1. The van der Waals surface area contributed by atoms with Crippen molar-refractivity contribution in [3.05, 3.63) is 54.1 Å². The molecule has 22 heavy (non-hydrogen) atoms. The van der Waals surface area contributed by atoms with Crippen molar-refractivity contribution < 1.29 is 13.0 Å². The highest BCUT2D eigenvalue weighted by Gasteiger charge is 2.37. The lowest BCUT2D eigenvalue weighted by atomic mass is 9.87. The van der Waals surface area contributed by atoms with Gasteiger partial charge in [0.2, 0.25) is 15.5 Å². The Morgan fingerprint density at radius 1 is 1.00 bits per heavy atom. The molecule has 0 saturated heterocycles. The summed E-state index contributed by atoms with van der Waals surface area (Å²) in [5.74, 6) is 0. The predicted molar refractivity (Wildman–Crippen MR) is 87.9 cm³/mol. The topological polar surface area (TPSA) is 37.1 Å². The van der Waals surface area contributed by atoms with E-state index in [9.17, 15) is 8.42 Å². The lowest BCUT2D eigenvalue weighted by Gasteiger charge is -2.13. The first kappa shape index (κ1) is 15.0. The predicted octanol–water partition coefficient (Wildman–Crippen LogP) is 3.55. The third-order valence-electron chi connectivity index (χ3n) is 4.15. The number of hydrogen-bond donors (Lipinski definition) is 0. The molecule has 0 bridgehead atoms. The van der Waals surface area contributed by atoms with Crippen LogP contribution in [0.4, 0.5) is 5.69 Å². The standard InChI is InChI=1S/C18H20NO2S/c1-4-19-13-18(2,3)16-12-15(10-11-17(16)19)22(20,21)14-8-6-5-7-9-14/h5-13H,4H2,1-3H3/q+1. The zero-order chi connectivity index (χ0) is 16.0. The van der Waals surface area contributed by atoms with Crippen LogP contribution in [0.1, 0.15) is 26.3 Å². The molecule has 0 fully saturated rings. The van der Waals surface area contributed by atoms with Crippen molar-refractivity contribution in [3.63, 3.8) is 0 Å². The summed E-state index contributed by atoms with van der Waals surface area (Å²) >= 11 is 0. The molecule has 0 aliphatic carbocycles. The second-order valence-electron chi connectivity index (χ2n) is 6.13. The zero-order valence-corrected chi connectivity index (χ0v) is 13.9. The van der Waals surface area contributed by atoms with Gasteiger partial charge in [0, 0.05) is 11.6 Å². The molecule has 3 rings (SSSR count). The molecule has 1 heterocycles. The van der Waals surface area contributed by atoms with Crippen LogP contribution >= 0.6 is 0 Å². The molecule has 0 aromatic heterocycles. The van der Waals surface area contributed by atoms with Crippen molar-refractivity contribution in [1.29, 1.82) is 0 Å². The van der Waals surface area contributed by atoms with Gasteiger partial charge in [-0.1, -0.05) is 18.2 Å². The molecule has 0 N–H and O–H groups in total. The van der Waals surface area contributed by atoms with Crippen molar-refractivity contribution in [2.75, 3.05) is 6.54 Å². The maximum absolute atomic E-state index is 12.8. The molecule has 114 valence electrons. The van der Waals surface area contributed by atoms with Gasteiger partial charge in [-0.15, -0.1) is 0 Å². The van der Waals surface area contributed by atoms with E-state index in [4.69, 9.17) is 0 Å². The van der Waals surface area contributed by atoms with E-state index in [0.29, 0.717) is 9.79 Å². The molecule has 0 radical (unpaired) electrons. The van der Waals surface area contributed by atoms with Crippen molar-refractivity contribution in [2.24, 2.45) is 0 Å². The van der Waals surface area contributed by atoms with Crippen LogP contribution < -0.4 is 0 Å². The summed E-state index contributed by atoms with van der Waals surface area (Å²) in [6.07, 6.45) is 2.16. The van der Waals surface area contributed by atoms with E-state index in [2.05, 4.69) is 31.6 Å². The van der Waals surface area contributed by atoms with Gasteiger partial charge in [-0.2, -0.15) is 0 Å². The fraction of sp³-hybridized carbons (Fsp3) is 0.278. The number of benzene rings is 2. The van der Waals surface area contributed by atoms with Gasteiger partial charge in [-0.05, 0) is 45.0 Å². The van der Waals surface area contributed by atoms with Crippen LogP contribution in [-0.4, -0.2) is 25.8 Å². The van der Waals surface area contributed by atoms with E-state index >= 15 is 0 Å². The Labute approximate surface area is 131 Å². The van der Waals surface area contributed by atoms with Gasteiger partial charge in [-0.25, -0.2) is 13.0 Å². The summed E-state index contributed by atoms with van der Waals surface area (Å²) in [5.41, 5.74) is 2.00. The molecular formula is C18H20NO2S+. The third kappa shape index (κ3) is 2.28. The fourth-order valence-corrected chi connectivity index (χ4v) is 4.28. The van der Waals surface area contributed by atoms with Gasteiger partial charge >= 0.3 is 0 Å². The first-order chi connectivity index (χ1) is 10.4. The molecular weight excluding hydrogens is 294 g/mol. The number of rotatable bonds is 3. The lowest BCUT2D eigenvalue weighted by Crippen LogP contribution is -2.17. The van der Waals surface area contributed by atoms with Crippen LogP contribution in [0.3, 0.4) is 0 Å². The highest BCUT2D eigenvalue weighted by Crippen LogP contribution is 2.38. The van der Waals surface area contributed by atoms with Gasteiger partial charge in [0.05, 0.1) is 15.2 Å². The number of sulfone groups is 1. The Balaban J connectivity index is 2.14. The summed E-state index contributed by atoms with van der Waals surface area (Å²) in [6.45, 7) is 7.19. The SMILES string of the molecule is CC[N+]1=CC(C)(C)c2cc(S(=O)(=O)c3ccccc3)ccc21. The summed E-state index contributed by atoms with van der Waals surface area (Å²) in [4.78, 5) is 0.693. The van der Waals surface area contributed by atoms with Gasteiger partial charge in [0.1, 0.15) is 6.54 Å². The molecule has 0 spiro atoms. The highest BCUT2D eigenvalue weighted by molar-refractivity contribution is 7.91. The summed E-state index contributed by atoms with van der Waals surface area (Å²) in [6, 6.07) is 14.0. The Hall–Kier alpha value is -1.94. The van der Waals surface area contributed by atoms with E-state index < -0.39 is 9.84 Å². The zero-order valence-electron chi connectivity index (χ0n) is 13.1. The summed E-state index contributed by atoms with van der Waals surface area (Å²) in [5, 5.41) is 0. The molecule has 0 atom stereocenters. The lowest BCUT2D eigenvalue weighted by molar-refractivity contribution is -0.428. The van der Waals surface area contributed by atoms with E-state index in [1.54, 1.807) is 30.3 Å². The molecule has 1 aliphatic rings. The summed E-state index contributed by atoms with van der Waals surface area (Å²) in [7, 11) is -3.47. The Morgan fingerprint density at radius 3 is 2.32 bits per heavy atom. The molecule has 0 saturated carbocycles. The van der Waals surface area contributed by atoms with Gasteiger partial charge < -0.3 is 0 Å². The monoisotopic (exact) mass is 314 g/mol. The van der Waals surface area contributed by atoms with Crippen LogP contribution in [0.5, 0.6) is 0 Å². The normalized spacial score (nSPS) is 16.2. The van der Waals surface area contributed by atoms with Crippen LogP contribution in [0, 0.1) is 0 Å². The Bertz CT molecular complexity index is 850. The molecule has 4 heteroatoms. The minimum atomic E-state index is -3.47. The minimum Gasteiger partial charge on any atom is -0.219 e. The minimum absolute atomic E-state index is 0.159. The number of fused-ring (bicyclic) bond motifs is 1. The van der Waals surface area contributed by atoms with E-state index in [-0.39, 0.29) is 5.41 Å². The molecule has 2 aromatic carbocycles. The molecule has 0 unspecified atom stereocenters.